The minimum Gasteiger partial charge on any atom is -0.502 e. The van der Waals surface area contributed by atoms with E-state index in [4.69, 9.17) is 0 Å². The van der Waals surface area contributed by atoms with Gasteiger partial charge in [0.2, 0.25) is 0 Å². The second-order valence-corrected chi connectivity index (χ2v) is 5.60. The molecular weight excluding hydrogens is 312 g/mol. The lowest BCUT2D eigenvalue weighted by Crippen LogP contribution is -2.29. The molecule has 24 heavy (non-hydrogen) atoms. The molecule has 0 aliphatic rings. The Hall–Kier alpha value is -2.90. The van der Waals surface area contributed by atoms with Crippen LogP contribution >= 0.6 is 0 Å². The summed E-state index contributed by atoms with van der Waals surface area (Å²) in [6.45, 7) is 5.74. The van der Waals surface area contributed by atoms with Gasteiger partial charge in [-0.15, -0.1) is 0 Å². The molecule has 0 unspecified atom stereocenters. The number of phenolic OH excluding ortho intramolecular Hbond substituents is 1. The number of hydrogen-bond acceptors (Lipinski definition) is 5. The third kappa shape index (κ3) is 3.22. The number of phenols is 1. The lowest BCUT2D eigenvalue weighted by molar-refractivity contribution is -0.385. The first-order valence-electron chi connectivity index (χ1n) is 7.54. The number of rotatable bonds is 5. The average Bonchev–Trinajstić information content (AvgIpc) is 2.78. The summed E-state index contributed by atoms with van der Waals surface area (Å²) in [5.41, 5.74) is 2.36. The maximum absolute atomic E-state index is 12.5. The van der Waals surface area contributed by atoms with E-state index in [-0.39, 0.29) is 11.6 Å². The van der Waals surface area contributed by atoms with E-state index in [0.29, 0.717) is 6.42 Å². The highest BCUT2D eigenvalue weighted by molar-refractivity contribution is 5.95. The van der Waals surface area contributed by atoms with Gasteiger partial charge >= 0.3 is 5.69 Å². The van der Waals surface area contributed by atoms with Gasteiger partial charge in [-0.25, -0.2) is 0 Å². The lowest BCUT2D eigenvalue weighted by atomic mass is 10.0. The van der Waals surface area contributed by atoms with Gasteiger partial charge in [0.05, 0.1) is 16.7 Å². The van der Waals surface area contributed by atoms with Crippen LogP contribution in [-0.2, 0) is 7.05 Å². The SMILES string of the molecule is CC[C@H](NC(=O)c1ccc(O)c([N+](=O)[O-])c1)c1c(C)nn(C)c1C. The van der Waals surface area contributed by atoms with E-state index in [2.05, 4.69) is 10.4 Å². The van der Waals surface area contributed by atoms with Gasteiger partial charge in [0.15, 0.2) is 5.75 Å². The fourth-order valence-electron chi connectivity index (χ4n) is 2.73. The Morgan fingerprint density at radius 1 is 1.46 bits per heavy atom. The highest BCUT2D eigenvalue weighted by Gasteiger charge is 2.23. The van der Waals surface area contributed by atoms with Crippen LogP contribution < -0.4 is 5.32 Å². The van der Waals surface area contributed by atoms with Crippen LogP contribution in [0.4, 0.5) is 5.69 Å². The first-order valence-corrected chi connectivity index (χ1v) is 7.54. The summed E-state index contributed by atoms with van der Waals surface area (Å²) in [6, 6.07) is 3.32. The van der Waals surface area contributed by atoms with E-state index < -0.39 is 22.3 Å². The van der Waals surface area contributed by atoms with E-state index in [1.54, 1.807) is 4.68 Å². The Bertz CT molecular complexity index is 798. The molecule has 0 aliphatic heterocycles. The minimum atomic E-state index is -0.723. The number of aromatic hydroxyl groups is 1. The molecule has 1 aromatic heterocycles. The predicted octanol–water partition coefficient (Wildman–Crippen LogP) is 2.53. The van der Waals surface area contributed by atoms with Gasteiger partial charge in [-0.3, -0.25) is 19.6 Å². The van der Waals surface area contributed by atoms with Gasteiger partial charge in [0.25, 0.3) is 5.91 Å². The van der Waals surface area contributed by atoms with E-state index in [9.17, 15) is 20.0 Å². The van der Waals surface area contributed by atoms with Crippen LogP contribution in [-0.4, -0.2) is 25.7 Å². The van der Waals surface area contributed by atoms with Crippen LogP contribution in [0.1, 0.15) is 46.7 Å². The van der Waals surface area contributed by atoms with Crippen LogP contribution in [0.25, 0.3) is 0 Å². The Balaban J connectivity index is 2.30. The summed E-state index contributed by atoms with van der Waals surface area (Å²) < 4.78 is 1.75. The van der Waals surface area contributed by atoms with Gasteiger partial charge in [-0.05, 0) is 32.4 Å². The van der Waals surface area contributed by atoms with Crippen LogP contribution in [0.5, 0.6) is 5.75 Å². The zero-order chi connectivity index (χ0) is 18.0. The molecular formula is C16H20N4O4. The molecule has 8 heteroatoms. The molecule has 2 N–H and O–H groups in total. The molecule has 0 radical (unpaired) electrons. The quantitative estimate of drug-likeness (QED) is 0.646. The first-order chi connectivity index (χ1) is 11.3. The van der Waals surface area contributed by atoms with Crippen LogP contribution in [0, 0.1) is 24.0 Å². The molecule has 1 atom stereocenters. The van der Waals surface area contributed by atoms with Crippen LogP contribution in [0.2, 0.25) is 0 Å². The summed E-state index contributed by atoms with van der Waals surface area (Å²) in [4.78, 5) is 22.6. The number of aromatic nitrogens is 2. The molecule has 1 aromatic carbocycles. The number of nitro benzene ring substituents is 1. The minimum absolute atomic E-state index is 0.122. The van der Waals surface area contributed by atoms with Crippen molar-refractivity contribution in [2.75, 3.05) is 0 Å². The fraction of sp³-hybridized carbons (Fsp3) is 0.375. The van der Waals surface area contributed by atoms with Crippen molar-refractivity contribution in [1.82, 2.24) is 15.1 Å². The molecule has 0 saturated carbocycles. The van der Waals surface area contributed by atoms with Crippen LogP contribution in [0.15, 0.2) is 18.2 Å². The molecule has 0 bridgehead atoms. The molecule has 0 aliphatic carbocycles. The smallest absolute Gasteiger partial charge is 0.311 e. The van der Waals surface area contributed by atoms with Gasteiger partial charge in [-0.1, -0.05) is 6.92 Å². The van der Waals surface area contributed by atoms with Crippen molar-refractivity contribution in [2.24, 2.45) is 7.05 Å². The van der Waals surface area contributed by atoms with E-state index in [0.717, 1.165) is 29.1 Å². The first kappa shape index (κ1) is 17.5. The second kappa shape index (κ2) is 6.69. The predicted molar refractivity (Wildman–Crippen MR) is 87.9 cm³/mol. The van der Waals surface area contributed by atoms with Crippen molar-refractivity contribution < 1.29 is 14.8 Å². The Morgan fingerprint density at radius 2 is 2.12 bits per heavy atom. The molecule has 0 saturated heterocycles. The van der Waals surface area contributed by atoms with Crippen molar-refractivity contribution in [2.45, 2.75) is 33.2 Å². The summed E-state index contributed by atoms with van der Waals surface area (Å²) >= 11 is 0. The van der Waals surface area contributed by atoms with E-state index >= 15 is 0 Å². The molecule has 2 aromatic rings. The number of amides is 1. The highest BCUT2D eigenvalue weighted by Crippen LogP contribution is 2.28. The zero-order valence-electron chi connectivity index (χ0n) is 14.0. The maximum Gasteiger partial charge on any atom is 0.311 e. The molecule has 1 heterocycles. The lowest BCUT2D eigenvalue weighted by Gasteiger charge is -2.18. The number of nitrogens with zero attached hydrogens (tertiary/aromatic N) is 3. The zero-order valence-corrected chi connectivity index (χ0v) is 14.0. The second-order valence-electron chi connectivity index (χ2n) is 5.60. The number of nitro groups is 1. The number of carbonyl (C=O) groups excluding carboxylic acids is 1. The van der Waals surface area contributed by atoms with Crippen molar-refractivity contribution in [1.29, 1.82) is 0 Å². The molecule has 1 amide bonds. The molecule has 0 spiro atoms. The standard InChI is InChI=1S/C16H20N4O4/c1-5-12(15-9(2)18-19(4)10(15)3)17-16(22)11-6-7-14(21)13(8-11)20(23)24/h6-8,12,21H,5H2,1-4H3,(H,17,22)/t12-/m0/s1. The Kier molecular flexibility index (Phi) is 4.87. The van der Waals surface area contributed by atoms with Gasteiger partial charge in [0, 0.05) is 29.9 Å². The third-order valence-corrected chi connectivity index (χ3v) is 4.06. The average molecular weight is 332 g/mol. The van der Waals surface area contributed by atoms with Crippen molar-refractivity contribution in [3.63, 3.8) is 0 Å². The molecule has 0 fully saturated rings. The molecule has 128 valence electrons. The number of benzene rings is 1. The number of nitrogens with one attached hydrogen (secondary N) is 1. The van der Waals surface area contributed by atoms with E-state index in [1.807, 2.05) is 27.8 Å². The van der Waals surface area contributed by atoms with Crippen molar-refractivity contribution in [3.8, 4) is 5.75 Å². The van der Waals surface area contributed by atoms with Crippen molar-refractivity contribution >= 4 is 11.6 Å². The fourth-order valence-corrected chi connectivity index (χ4v) is 2.73. The van der Waals surface area contributed by atoms with Crippen LogP contribution in [0.3, 0.4) is 0 Å². The van der Waals surface area contributed by atoms with Crippen molar-refractivity contribution in [3.05, 3.63) is 50.8 Å². The topological polar surface area (TPSA) is 110 Å². The largest absolute Gasteiger partial charge is 0.502 e. The van der Waals surface area contributed by atoms with Gasteiger partial charge in [-0.2, -0.15) is 5.10 Å². The number of carbonyl (C=O) groups is 1. The summed E-state index contributed by atoms with van der Waals surface area (Å²) in [6.07, 6.45) is 0.652. The summed E-state index contributed by atoms with van der Waals surface area (Å²) in [7, 11) is 1.84. The Labute approximate surface area is 139 Å². The maximum atomic E-state index is 12.5. The third-order valence-electron chi connectivity index (χ3n) is 4.06. The molecule has 8 nitrogen and oxygen atoms in total. The monoisotopic (exact) mass is 332 g/mol. The van der Waals surface area contributed by atoms with Gasteiger partial charge in [0.1, 0.15) is 0 Å². The van der Waals surface area contributed by atoms with E-state index in [1.165, 1.54) is 6.07 Å². The van der Waals surface area contributed by atoms with Gasteiger partial charge < -0.3 is 10.4 Å². The normalized spacial score (nSPS) is 12.0. The number of hydrogen-bond donors (Lipinski definition) is 2. The summed E-state index contributed by atoms with van der Waals surface area (Å²) in [5, 5.41) is 27.6. The Morgan fingerprint density at radius 3 is 2.62 bits per heavy atom. The summed E-state index contributed by atoms with van der Waals surface area (Å²) in [5.74, 6) is -0.907. The number of aryl methyl sites for hydroxylation is 2. The molecule has 2 rings (SSSR count). The highest BCUT2D eigenvalue weighted by atomic mass is 16.6.